The van der Waals surface area contributed by atoms with Crippen molar-refractivity contribution in [2.24, 2.45) is 7.05 Å². The third-order valence-corrected chi connectivity index (χ3v) is 4.83. The number of halogens is 1. The SMILES string of the molecule is COc1cccc(C#N)c1NS(=O)(=O)c1c(Br)nnn1C. The normalized spacial score (nSPS) is 11.0. The van der Waals surface area contributed by atoms with Crippen molar-refractivity contribution < 1.29 is 13.2 Å². The predicted molar refractivity (Wildman–Crippen MR) is 77.2 cm³/mol. The molecule has 21 heavy (non-hydrogen) atoms. The van der Waals surface area contributed by atoms with Crippen LogP contribution in [-0.4, -0.2) is 30.5 Å². The molecule has 0 fully saturated rings. The number of nitriles is 1. The minimum absolute atomic E-state index is 0.0654. The van der Waals surface area contributed by atoms with Crippen LogP contribution in [-0.2, 0) is 17.1 Å². The van der Waals surface area contributed by atoms with Crippen LogP contribution in [0, 0.1) is 11.3 Å². The summed E-state index contributed by atoms with van der Waals surface area (Å²) in [4.78, 5) is 0. The van der Waals surface area contributed by atoms with E-state index in [0.717, 1.165) is 4.68 Å². The molecule has 1 N–H and O–H groups in total. The Bertz CT molecular complexity index is 805. The monoisotopic (exact) mass is 371 g/mol. The number of methoxy groups -OCH3 is 1. The van der Waals surface area contributed by atoms with Gasteiger partial charge in [-0.25, -0.2) is 4.68 Å². The molecule has 0 spiro atoms. The smallest absolute Gasteiger partial charge is 0.282 e. The van der Waals surface area contributed by atoms with Crippen molar-refractivity contribution in [3.8, 4) is 11.8 Å². The van der Waals surface area contributed by atoms with E-state index in [9.17, 15) is 8.42 Å². The van der Waals surface area contributed by atoms with Crippen LogP contribution in [0.4, 0.5) is 5.69 Å². The molecule has 0 saturated heterocycles. The maximum Gasteiger partial charge on any atom is 0.282 e. The van der Waals surface area contributed by atoms with Crippen LogP contribution in [0.15, 0.2) is 27.8 Å². The zero-order valence-electron chi connectivity index (χ0n) is 11.0. The van der Waals surface area contributed by atoms with Crippen molar-refractivity contribution in [1.82, 2.24) is 15.0 Å². The second-order valence-corrected chi connectivity index (χ2v) is 6.26. The van der Waals surface area contributed by atoms with E-state index in [1.165, 1.54) is 20.2 Å². The van der Waals surface area contributed by atoms with Gasteiger partial charge in [-0.1, -0.05) is 11.3 Å². The average Bonchev–Trinajstić information content (AvgIpc) is 2.78. The first-order valence-corrected chi connectivity index (χ1v) is 7.83. The average molecular weight is 372 g/mol. The highest BCUT2D eigenvalue weighted by atomic mass is 79.9. The van der Waals surface area contributed by atoms with E-state index in [-0.39, 0.29) is 26.6 Å². The number of anilines is 1. The lowest BCUT2D eigenvalue weighted by molar-refractivity contribution is 0.416. The number of aromatic nitrogens is 3. The highest BCUT2D eigenvalue weighted by Crippen LogP contribution is 2.31. The molecule has 0 atom stereocenters. The van der Waals surface area contributed by atoms with Gasteiger partial charge in [0.25, 0.3) is 10.0 Å². The van der Waals surface area contributed by atoms with E-state index < -0.39 is 10.0 Å². The summed E-state index contributed by atoms with van der Waals surface area (Å²) in [5, 5.41) is 16.2. The molecule has 1 heterocycles. The first-order chi connectivity index (χ1) is 9.90. The van der Waals surface area contributed by atoms with Crippen molar-refractivity contribution >= 4 is 31.6 Å². The molecule has 1 aromatic heterocycles. The van der Waals surface area contributed by atoms with Crippen LogP contribution in [0.3, 0.4) is 0 Å². The molecule has 0 saturated carbocycles. The summed E-state index contributed by atoms with van der Waals surface area (Å²) >= 11 is 3.03. The number of ether oxygens (including phenoxy) is 1. The molecule has 0 aliphatic heterocycles. The summed E-state index contributed by atoms with van der Waals surface area (Å²) in [7, 11) is -1.16. The lowest BCUT2D eigenvalue weighted by Gasteiger charge is -2.13. The summed E-state index contributed by atoms with van der Waals surface area (Å²) in [6, 6.07) is 6.54. The van der Waals surface area contributed by atoms with Gasteiger partial charge in [-0.05, 0) is 28.1 Å². The van der Waals surface area contributed by atoms with Crippen LogP contribution < -0.4 is 9.46 Å². The molecule has 1 aromatic carbocycles. The van der Waals surface area contributed by atoms with Gasteiger partial charge in [-0.2, -0.15) is 13.7 Å². The molecule has 0 aliphatic rings. The number of para-hydroxylation sites is 1. The second-order valence-electron chi connectivity index (χ2n) is 3.91. The number of nitrogens with zero attached hydrogens (tertiary/aromatic N) is 4. The quantitative estimate of drug-likeness (QED) is 0.865. The van der Waals surface area contributed by atoms with Gasteiger partial charge in [0.1, 0.15) is 17.5 Å². The van der Waals surface area contributed by atoms with Crippen LogP contribution in [0.5, 0.6) is 5.75 Å². The van der Waals surface area contributed by atoms with Crippen molar-refractivity contribution in [2.45, 2.75) is 5.03 Å². The van der Waals surface area contributed by atoms with Gasteiger partial charge < -0.3 is 4.74 Å². The summed E-state index contributed by atoms with van der Waals surface area (Å²) in [5.74, 6) is 0.240. The Morgan fingerprint density at radius 2 is 2.19 bits per heavy atom. The largest absolute Gasteiger partial charge is 0.495 e. The molecule has 110 valence electrons. The van der Waals surface area contributed by atoms with Crippen LogP contribution in [0.2, 0.25) is 0 Å². The first kappa shape index (κ1) is 15.3. The molecule has 8 nitrogen and oxygen atoms in total. The van der Waals surface area contributed by atoms with E-state index >= 15 is 0 Å². The lowest BCUT2D eigenvalue weighted by Crippen LogP contribution is -2.18. The lowest BCUT2D eigenvalue weighted by atomic mass is 10.2. The third kappa shape index (κ3) is 2.84. The molecule has 10 heteroatoms. The van der Waals surface area contributed by atoms with Gasteiger partial charge in [0, 0.05) is 7.05 Å². The Labute approximate surface area is 129 Å². The molecule has 0 bridgehead atoms. The fourth-order valence-corrected chi connectivity index (χ4v) is 3.88. The number of hydrogen-bond donors (Lipinski definition) is 1. The molecular formula is C11H10BrN5O3S. The highest BCUT2D eigenvalue weighted by Gasteiger charge is 2.26. The van der Waals surface area contributed by atoms with E-state index in [0.29, 0.717) is 0 Å². The van der Waals surface area contributed by atoms with E-state index in [2.05, 4.69) is 31.0 Å². The standard InChI is InChI=1S/C11H10BrN5O3S/c1-17-11(10(12)14-16-17)21(18,19)15-9-7(6-13)4-3-5-8(9)20-2/h3-5,15H,1-2H3. The Morgan fingerprint density at radius 3 is 2.71 bits per heavy atom. The molecule has 2 aromatic rings. The predicted octanol–water partition coefficient (Wildman–Crippen LogP) is 1.26. The Kier molecular flexibility index (Phi) is 4.15. The molecule has 0 aliphatic carbocycles. The van der Waals surface area contributed by atoms with E-state index in [1.807, 2.05) is 6.07 Å². The molecular weight excluding hydrogens is 362 g/mol. The van der Waals surface area contributed by atoms with Gasteiger partial charge in [-0.15, -0.1) is 5.10 Å². The number of nitrogens with one attached hydrogen (secondary N) is 1. The van der Waals surface area contributed by atoms with Gasteiger partial charge >= 0.3 is 0 Å². The van der Waals surface area contributed by atoms with Gasteiger partial charge in [0.05, 0.1) is 12.7 Å². The first-order valence-electron chi connectivity index (χ1n) is 5.55. The molecule has 2 rings (SSSR count). The van der Waals surface area contributed by atoms with Crippen LogP contribution >= 0.6 is 15.9 Å². The summed E-state index contributed by atoms with van der Waals surface area (Å²) in [6.45, 7) is 0. The Morgan fingerprint density at radius 1 is 1.48 bits per heavy atom. The number of aryl methyl sites for hydroxylation is 1. The minimum atomic E-state index is -3.99. The molecule has 0 radical (unpaired) electrons. The van der Waals surface area contributed by atoms with Gasteiger partial charge in [0.15, 0.2) is 4.60 Å². The second kappa shape index (κ2) is 5.71. The van der Waals surface area contributed by atoms with Crippen molar-refractivity contribution in [3.05, 3.63) is 28.4 Å². The fraction of sp³-hybridized carbons (Fsp3) is 0.182. The highest BCUT2D eigenvalue weighted by molar-refractivity contribution is 9.10. The number of sulfonamides is 1. The van der Waals surface area contributed by atoms with Crippen molar-refractivity contribution in [1.29, 1.82) is 5.26 Å². The zero-order chi connectivity index (χ0) is 15.6. The van der Waals surface area contributed by atoms with Gasteiger partial charge in [0.2, 0.25) is 5.03 Å². The maximum atomic E-state index is 12.4. The number of hydrogen-bond acceptors (Lipinski definition) is 6. The van der Waals surface area contributed by atoms with Crippen molar-refractivity contribution in [2.75, 3.05) is 11.8 Å². The fourth-order valence-electron chi connectivity index (χ4n) is 1.69. The number of rotatable bonds is 4. The topological polar surface area (TPSA) is 110 Å². The van der Waals surface area contributed by atoms with E-state index in [4.69, 9.17) is 10.00 Å². The Hall–Kier alpha value is -2.12. The van der Waals surface area contributed by atoms with Crippen LogP contribution in [0.25, 0.3) is 0 Å². The zero-order valence-corrected chi connectivity index (χ0v) is 13.4. The minimum Gasteiger partial charge on any atom is -0.495 e. The summed E-state index contributed by atoms with van der Waals surface area (Å²) < 4.78 is 33.5. The maximum absolute atomic E-state index is 12.4. The van der Waals surface area contributed by atoms with E-state index in [1.54, 1.807) is 12.1 Å². The van der Waals surface area contributed by atoms with Crippen LogP contribution in [0.1, 0.15) is 5.56 Å². The molecule has 0 unspecified atom stereocenters. The van der Waals surface area contributed by atoms with Gasteiger partial charge in [-0.3, -0.25) is 4.72 Å². The molecule has 0 amide bonds. The summed E-state index contributed by atoms with van der Waals surface area (Å²) in [6.07, 6.45) is 0. The van der Waals surface area contributed by atoms with Crippen molar-refractivity contribution in [3.63, 3.8) is 0 Å². The number of benzene rings is 1. The Balaban J connectivity index is 2.55. The third-order valence-electron chi connectivity index (χ3n) is 2.59. The summed E-state index contributed by atoms with van der Waals surface area (Å²) in [5.41, 5.74) is 0.208.